The summed E-state index contributed by atoms with van der Waals surface area (Å²) in [7, 11) is 0. The molecule has 3 aromatic carbocycles. The van der Waals surface area contributed by atoms with Gasteiger partial charge in [-0.15, -0.1) is 0 Å². The summed E-state index contributed by atoms with van der Waals surface area (Å²) in [5.41, 5.74) is 5.28. The number of ether oxygens (including phenoxy) is 1. The fraction of sp³-hybridized carbons (Fsp3) is 0.400. The van der Waals surface area contributed by atoms with E-state index in [9.17, 15) is 9.59 Å². The molecule has 7 nitrogen and oxygen atoms in total. The van der Waals surface area contributed by atoms with Crippen LogP contribution in [-0.2, 0) is 9.63 Å². The monoisotopic (exact) mass is 572 g/mol. The van der Waals surface area contributed by atoms with Gasteiger partial charge in [0.15, 0.2) is 0 Å². The predicted molar refractivity (Wildman–Crippen MR) is 168 cm³/mol. The van der Waals surface area contributed by atoms with E-state index in [1.54, 1.807) is 18.3 Å². The number of carboxylic acids is 1. The van der Waals surface area contributed by atoms with Gasteiger partial charge >= 0.3 is 5.97 Å². The fourth-order valence-electron chi connectivity index (χ4n) is 4.35. The number of benzene rings is 3. The second kappa shape index (κ2) is 14.7. The van der Waals surface area contributed by atoms with E-state index in [4.69, 9.17) is 14.7 Å². The summed E-state index contributed by atoms with van der Waals surface area (Å²) in [6, 6.07) is 21.9. The van der Waals surface area contributed by atoms with Crippen molar-refractivity contribution in [3.05, 3.63) is 89.0 Å². The Bertz CT molecular complexity index is 1350. The van der Waals surface area contributed by atoms with Crippen LogP contribution in [-0.4, -0.2) is 35.3 Å². The van der Waals surface area contributed by atoms with Crippen LogP contribution in [0.2, 0.25) is 0 Å². The van der Waals surface area contributed by atoms with Crippen molar-refractivity contribution in [1.29, 1.82) is 0 Å². The molecule has 0 saturated carbocycles. The van der Waals surface area contributed by atoms with Gasteiger partial charge in [0, 0.05) is 17.7 Å². The summed E-state index contributed by atoms with van der Waals surface area (Å²) in [4.78, 5) is 28.8. The second-order valence-corrected chi connectivity index (χ2v) is 12.2. The third-order valence-electron chi connectivity index (χ3n) is 6.56. The minimum Gasteiger partial charge on any atom is -0.486 e. The van der Waals surface area contributed by atoms with Crippen molar-refractivity contribution in [2.75, 3.05) is 6.54 Å². The van der Waals surface area contributed by atoms with Crippen LogP contribution in [0.3, 0.4) is 0 Å². The maximum Gasteiger partial charge on any atom is 0.305 e. The number of rotatable bonds is 13. The van der Waals surface area contributed by atoms with E-state index in [-0.39, 0.29) is 25.0 Å². The number of carboxylic acid groups (broad SMARTS) is 1. The van der Waals surface area contributed by atoms with Crippen molar-refractivity contribution < 1.29 is 24.3 Å². The number of carbonyl (C=O) groups excluding carboxylic acids is 1. The Morgan fingerprint density at radius 1 is 0.929 bits per heavy atom. The molecule has 0 spiro atoms. The Morgan fingerprint density at radius 2 is 1.57 bits per heavy atom. The summed E-state index contributed by atoms with van der Waals surface area (Å²) >= 11 is 0. The molecule has 0 radical (unpaired) electrons. The fourth-order valence-corrected chi connectivity index (χ4v) is 4.35. The molecular weight excluding hydrogens is 528 g/mol. The average molecular weight is 573 g/mol. The lowest BCUT2D eigenvalue weighted by Crippen LogP contribution is -2.26. The standard InChI is InChI=1S/C35H44N2O5/c1-23(2)20-32(27-12-14-28(15-13-27)34(40)36-19-18-33(38)39)41-30-16-17-31(26-10-8-25(9-11-26)24(3)4)29(21-30)22-37-42-35(5,6)7/h8-17,21-24,32H,18-20H2,1-7H3,(H,36,40)(H,38,39)/b37-22+. The van der Waals surface area contributed by atoms with Crippen molar-refractivity contribution in [2.24, 2.45) is 11.1 Å². The minimum atomic E-state index is -0.951. The van der Waals surface area contributed by atoms with Crippen molar-refractivity contribution >= 4 is 18.1 Å². The predicted octanol–water partition coefficient (Wildman–Crippen LogP) is 8.00. The summed E-state index contributed by atoms with van der Waals surface area (Å²) in [5, 5.41) is 15.7. The summed E-state index contributed by atoms with van der Waals surface area (Å²) in [6.45, 7) is 14.6. The largest absolute Gasteiger partial charge is 0.486 e. The van der Waals surface area contributed by atoms with E-state index in [1.165, 1.54) is 5.56 Å². The van der Waals surface area contributed by atoms with Gasteiger partial charge in [0.1, 0.15) is 17.5 Å². The van der Waals surface area contributed by atoms with Gasteiger partial charge in [-0.1, -0.05) is 75.3 Å². The quantitative estimate of drug-likeness (QED) is 0.160. The van der Waals surface area contributed by atoms with Gasteiger partial charge in [-0.05, 0) is 85.5 Å². The van der Waals surface area contributed by atoms with Crippen LogP contribution in [0.15, 0.2) is 71.9 Å². The van der Waals surface area contributed by atoms with E-state index >= 15 is 0 Å². The maximum atomic E-state index is 12.4. The molecule has 0 saturated heterocycles. The molecule has 0 heterocycles. The number of hydrogen-bond acceptors (Lipinski definition) is 5. The molecule has 1 atom stereocenters. The van der Waals surface area contributed by atoms with Crippen molar-refractivity contribution in [3.8, 4) is 16.9 Å². The number of nitrogens with one attached hydrogen (secondary N) is 1. The lowest BCUT2D eigenvalue weighted by molar-refractivity contribution is -0.136. The van der Waals surface area contributed by atoms with Crippen LogP contribution < -0.4 is 10.1 Å². The SMILES string of the molecule is CC(C)CC(Oc1ccc(-c2ccc(C(C)C)cc2)c(/C=N/OC(C)(C)C)c1)c1ccc(C(=O)NCCC(=O)O)cc1. The molecule has 0 aliphatic rings. The normalized spacial score (nSPS) is 12.5. The van der Waals surface area contributed by atoms with Crippen LogP contribution >= 0.6 is 0 Å². The number of nitrogens with zero attached hydrogens (tertiary/aromatic N) is 1. The van der Waals surface area contributed by atoms with Gasteiger partial charge in [0.05, 0.1) is 12.6 Å². The zero-order valence-electron chi connectivity index (χ0n) is 25.8. The molecular formula is C35H44N2O5. The van der Waals surface area contributed by atoms with Crippen LogP contribution in [0.25, 0.3) is 11.1 Å². The second-order valence-electron chi connectivity index (χ2n) is 12.2. The van der Waals surface area contributed by atoms with E-state index in [2.05, 4.69) is 68.5 Å². The molecule has 1 unspecified atom stereocenters. The molecule has 0 bridgehead atoms. The Morgan fingerprint density at radius 3 is 2.14 bits per heavy atom. The average Bonchev–Trinajstić information content (AvgIpc) is 2.92. The Labute approximate surface area is 249 Å². The van der Waals surface area contributed by atoms with Gasteiger partial charge < -0.3 is 20.0 Å². The topological polar surface area (TPSA) is 97.2 Å². The van der Waals surface area contributed by atoms with E-state index < -0.39 is 11.6 Å². The Kier molecular flexibility index (Phi) is 11.3. The van der Waals surface area contributed by atoms with Gasteiger partial charge in [0.2, 0.25) is 0 Å². The van der Waals surface area contributed by atoms with Crippen LogP contribution in [0.5, 0.6) is 5.75 Å². The van der Waals surface area contributed by atoms with E-state index in [0.29, 0.717) is 23.1 Å². The maximum absolute atomic E-state index is 12.4. The van der Waals surface area contributed by atoms with Crippen LogP contribution in [0.4, 0.5) is 0 Å². The molecule has 224 valence electrons. The number of amides is 1. The van der Waals surface area contributed by atoms with Crippen molar-refractivity contribution in [3.63, 3.8) is 0 Å². The number of carbonyl (C=O) groups is 2. The van der Waals surface area contributed by atoms with Crippen molar-refractivity contribution in [2.45, 2.75) is 78.9 Å². The Hall–Kier alpha value is -4.13. The smallest absolute Gasteiger partial charge is 0.305 e. The lowest BCUT2D eigenvalue weighted by Gasteiger charge is -2.22. The Balaban J connectivity index is 1.89. The third-order valence-corrected chi connectivity index (χ3v) is 6.56. The summed E-state index contributed by atoms with van der Waals surface area (Å²) < 4.78 is 6.56. The molecule has 7 heteroatoms. The van der Waals surface area contributed by atoms with Crippen molar-refractivity contribution in [1.82, 2.24) is 5.32 Å². The van der Waals surface area contributed by atoms with E-state index in [1.807, 2.05) is 45.0 Å². The van der Waals surface area contributed by atoms with Gasteiger partial charge in [0.25, 0.3) is 5.91 Å². The zero-order chi connectivity index (χ0) is 30.9. The number of hydrogen-bond donors (Lipinski definition) is 2. The van der Waals surface area contributed by atoms with Gasteiger partial charge in [-0.3, -0.25) is 9.59 Å². The molecule has 3 rings (SSSR count). The lowest BCUT2D eigenvalue weighted by atomic mass is 9.96. The molecule has 0 aliphatic heterocycles. The summed E-state index contributed by atoms with van der Waals surface area (Å²) in [5.74, 6) is 0.272. The highest BCUT2D eigenvalue weighted by Crippen LogP contribution is 2.32. The molecule has 3 aromatic rings. The highest BCUT2D eigenvalue weighted by Gasteiger charge is 2.18. The summed E-state index contributed by atoms with van der Waals surface area (Å²) in [6.07, 6.45) is 2.16. The van der Waals surface area contributed by atoms with Gasteiger partial charge in [-0.25, -0.2) is 0 Å². The minimum absolute atomic E-state index is 0.0826. The first-order chi connectivity index (χ1) is 19.8. The number of oxime groups is 1. The third kappa shape index (κ3) is 10.1. The highest BCUT2D eigenvalue weighted by molar-refractivity contribution is 5.94. The van der Waals surface area contributed by atoms with Crippen LogP contribution in [0, 0.1) is 5.92 Å². The molecule has 2 N–H and O–H groups in total. The van der Waals surface area contributed by atoms with Gasteiger partial charge in [-0.2, -0.15) is 0 Å². The molecule has 1 amide bonds. The van der Waals surface area contributed by atoms with Crippen LogP contribution in [0.1, 0.15) is 100 Å². The molecule has 0 aliphatic carbocycles. The first-order valence-corrected chi connectivity index (χ1v) is 14.5. The first-order valence-electron chi connectivity index (χ1n) is 14.5. The molecule has 0 aromatic heterocycles. The molecule has 42 heavy (non-hydrogen) atoms. The van der Waals surface area contributed by atoms with E-state index in [0.717, 1.165) is 28.7 Å². The first kappa shape index (κ1) is 32.4. The zero-order valence-corrected chi connectivity index (χ0v) is 25.8. The number of aliphatic carboxylic acids is 1. The molecule has 0 fully saturated rings. The highest BCUT2D eigenvalue weighted by atomic mass is 16.6.